The van der Waals surface area contributed by atoms with E-state index in [0.29, 0.717) is 0 Å². The Bertz CT molecular complexity index is 5190. The predicted octanol–water partition coefficient (Wildman–Crippen LogP) is 13.0. The first-order valence-corrected chi connectivity index (χ1v) is 16.6. The molecule has 0 amide bonds. The first-order chi connectivity index (χ1) is 41.2. The Hall–Kier alpha value is -7.83. The fourth-order valence-electron chi connectivity index (χ4n) is 6.83. The van der Waals surface area contributed by atoms with Crippen LogP contribution >= 0.6 is 0 Å². The molecule has 4 aromatic heterocycles. The summed E-state index contributed by atoms with van der Waals surface area (Å²) in [6.07, 6.45) is 0. The van der Waals surface area contributed by atoms with Crippen LogP contribution in [0.5, 0.6) is 0 Å². The topological polar surface area (TPSA) is 61.7 Å². The SMILES string of the molecule is [2H]c1c([2H])c([2H])c(-c2nc(-c3c([2H])c([2H])c([2H])c([2H])c3[2H])nc(-n3c4c([2H])c([2H])c([2H])c([2H])c4c4c([2H])c([2H])c5c6c([2H])c([2H])c([2H])c([2H])c6n(-c6c([2H])c([2H])c([2H])c7oc8c(-c9c([2H])c([2H])c([2H])c([2H])c9[2H])c([2H])c([2H])c([2H])c8c67)c5c43)n2)c([2H])c1[2H]. The fraction of sp³-hybridized carbons (Fsp3) is 0. The van der Waals surface area contributed by atoms with Gasteiger partial charge in [0.1, 0.15) is 11.2 Å². The molecule has 0 spiro atoms. The third kappa shape index (κ3) is 4.74. The van der Waals surface area contributed by atoms with E-state index < -0.39 is 298 Å². The Morgan fingerprint density at radius 1 is 0.404 bits per heavy atom. The molecule has 0 saturated carbocycles. The number of hydrogen-bond donors (Lipinski definition) is 0. The zero-order valence-electron chi connectivity index (χ0n) is 59.1. The van der Waals surface area contributed by atoms with Crippen molar-refractivity contribution in [2.75, 3.05) is 0 Å². The van der Waals surface area contributed by atoms with Crippen molar-refractivity contribution in [1.82, 2.24) is 24.1 Å². The van der Waals surface area contributed by atoms with Gasteiger partial charge in [-0.25, -0.2) is 4.98 Å². The number of para-hydroxylation sites is 3. The Labute approximate surface area is 370 Å². The summed E-state index contributed by atoms with van der Waals surface area (Å²) >= 11 is 0. The van der Waals surface area contributed by atoms with Gasteiger partial charge in [-0.05, 0) is 29.7 Å². The highest BCUT2D eigenvalue weighted by atomic mass is 16.3. The van der Waals surface area contributed by atoms with E-state index in [1.165, 1.54) is 0 Å². The van der Waals surface area contributed by atoms with E-state index in [-0.39, 0.29) is 0 Å². The second kappa shape index (κ2) is 12.3. The number of aromatic nitrogens is 5. The van der Waals surface area contributed by atoms with E-state index in [2.05, 4.69) is 15.0 Å². The molecule has 0 bridgehead atoms. The molecule has 12 aromatic rings. The van der Waals surface area contributed by atoms with Crippen LogP contribution < -0.4 is 0 Å². The molecule has 0 saturated heterocycles. The van der Waals surface area contributed by atoms with E-state index in [9.17, 15) is 13.7 Å². The maximum Gasteiger partial charge on any atom is 0.238 e. The van der Waals surface area contributed by atoms with E-state index in [1.807, 2.05) is 0 Å². The van der Waals surface area contributed by atoms with Crippen molar-refractivity contribution in [2.24, 2.45) is 0 Å². The summed E-state index contributed by atoms with van der Waals surface area (Å²) < 4.78 is 288. The number of hydrogen-bond acceptors (Lipinski definition) is 4. The first-order valence-electron chi connectivity index (χ1n) is 32.1. The summed E-state index contributed by atoms with van der Waals surface area (Å²) in [4.78, 5) is 13.4. The third-order valence-electron chi connectivity index (χ3n) is 9.09. The molecule has 12 rings (SSSR count). The van der Waals surface area contributed by atoms with Crippen LogP contribution in [0.3, 0.4) is 0 Å². The van der Waals surface area contributed by atoms with Gasteiger partial charge in [-0.2, -0.15) is 9.97 Å². The normalized spacial score (nSPS) is 19.5. The van der Waals surface area contributed by atoms with Crippen molar-refractivity contribution in [2.45, 2.75) is 0 Å². The van der Waals surface area contributed by atoms with Crippen LogP contribution in [0, 0.1) is 0 Å². The van der Waals surface area contributed by atoms with E-state index >= 15 is 0 Å². The zero-order chi connectivity index (χ0) is 64.4. The van der Waals surface area contributed by atoms with Gasteiger partial charge in [-0.1, -0.05) is 163 Å². The summed E-state index contributed by atoms with van der Waals surface area (Å²) in [7, 11) is 0. The molecule has 0 aliphatic carbocycles. The van der Waals surface area contributed by atoms with Crippen LogP contribution in [0.1, 0.15) is 42.5 Å². The van der Waals surface area contributed by atoms with E-state index in [1.54, 1.807) is 0 Å². The van der Waals surface area contributed by atoms with Crippen molar-refractivity contribution in [1.29, 1.82) is 0 Å². The lowest BCUT2D eigenvalue weighted by Crippen LogP contribution is -2.07. The minimum atomic E-state index is -1.06. The minimum Gasteiger partial charge on any atom is -0.455 e. The molecule has 0 N–H and O–H groups in total. The van der Waals surface area contributed by atoms with Crippen LogP contribution in [0.25, 0.3) is 111 Å². The van der Waals surface area contributed by atoms with Crippen LogP contribution in [-0.4, -0.2) is 24.1 Å². The molecule has 57 heavy (non-hydrogen) atoms. The Morgan fingerprint density at radius 2 is 0.912 bits per heavy atom. The molecule has 6 heteroatoms. The molecular formula is C51H31N5O. The summed E-state index contributed by atoms with van der Waals surface area (Å²) in [6, 6.07) is -29.7. The largest absolute Gasteiger partial charge is 0.455 e. The average Bonchev–Trinajstić information content (AvgIpc) is 1.75. The number of nitrogens with zero attached hydrogens (tertiary/aromatic N) is 5. The Kier molecular flexibility index (Phi) is 2.97. The molecule has 0 atom stereocenters. The number of furan rings is 1. The van der Waals surface area contributed by atoms with Crippen molar-refractivity contribution in [3.63, 3.8) is 0 Å². The van der Waals surface area contributed by atoms with Crippen LogP contribution in [0.4, 0.5) is 0 Å². The van der Waals surface area contributed by atoms with Gasteiger partial charge in [0.25, 0.3) is 0 Å². The standard InChI is InChI=1S/C51H31N5O/c1-4-16-32(17-5-1)35-24-14-25-40-45-43(28-15-29-44(45)57-48(35)40)55-41-26-12-10-22-36(41)38-30-31-39-37-23-11-13-27-42(37)56(47(39)46(38)55)51-53-49(33-18-6-2-7-19-33)52-50(54-51)34-20-8-3-9-21-34/h1-31H/i1D,2D,3D,4D,5D,6D,7D,8D,9D,10D,11D,12D,13D,14D,15D,16D,17D,18D,19D,20D,21D,22D,23D,24D,25D,26D,27D,28D,29D,30D,31D. The molecule has 0 radical (unpaired) electrons. The average molecular weight is 761 g/mol. The lowest BCUT2D eigenvalue weighted by atomic mass is 10.0. The van der Waals surface area contributed by atoms with Gasteiger partial charge < -0.3 is 8.98 Å². The molecule has 0 aliphatic rings. The highest BCUT2D eigenvalue weighted by molar-refractivity contribution is 6.25. The molecule has 6 nitrogen and oxygen atoms in total. The van der Waals surface area contributed by atoms with Crippen molar-refractivity contribution in [3.05, 3.63) is 187 Å². The van der Waals surface area contributed by atoms with Gasteiger partial charge in [-0.3, -0.25) is 4.57 Å². The van der Waals surface area contributed by atoms with Gasteiger partial charge in [0.2, 0.25) is 5.95 Å². The van der Waals surface area contributed by atoms with Crippen LogP contribution in [0.2, 0.25) is 0 Å². The van der Waals surface area contributed by atoms with Crippen LogP contribution in [-0.2, 0) is 0 Å². The van der Waals surface area contributed by atoms with E-state index in [4.69, 9.17) is 33.2 Å². The molecule has 266 valence electrons. The molecule has 8 aromatic carbocycles. The minimum absolute atomic E-state index is 0.641. The maximum absolute atomic E-state index is 9.86. The number of fused-ring (bicyclic) bond motifs is 10. The third-order valence-corrected chi connectivity index (χ3v) is 9.09. The van der Waals surface area contributed by atoms with Crippen molar-refractivity contribution >= 4 is 65.6 Å². The zero-order valence-corrected chi connectivity index (χ0v) is 28.1. The second-order valence-corrected chi connectivity index (χ2v) is 12.1. The summed E-state index contributed by atoms with van der Waals surface area (Å²) in [6.45, 7) is 0. The lowest BCUT2D eigenvalue weighted by Gasteiger charge is -2.14. The quantitative estimate of drug-likeness (QED) is 0.175. The van der Waals surface area contributed by atoms with Gasteiger partial charge >= 0.3 is 0 Å². The number of benzene rings is 8. The second-order valence-electron chi connectivity index (χ2n) is 12.1. The van der Waals surface area contributed by atoms with Gasteiger partial charge in [0, 0.05) is 43.6 Å². The highest BCUT2D eigenvalue weighted by Crippen LogP contribution is 2.45. The highest BCUT2D eigenvalue weighted by Gasteiger charge is 2.25. The summed E-state index contributed by atoms with van der Waals surface area (Å²) in [5, 5.41) is -3.92. The predicted molar refractivity (Wildman–Crippen MR) is 232 cm³/mol. The van der Waals surface area contributed by atoms with Crippen molar-refractivity contribution < 1.29 is 46.9 Å². The number of rotatable bonds is 5. The Balaban J connectivity index is 1.42. The fourth-order valence-corrected chi connectivity index (χ4v) is 6.83. The molecule has 0 unspecified atom stereocenters. The molecular weight excluding hydrogens is 699 g/mol. The van der Waals surface area contributed by atoms with E-state index in [0.717, 1.165) is 9.13 Å². The monoisotopic (exact) mass is 760 g/mol. The first kappa shape index (κ1) is 13.7. The van der Waals surface area contributed by atoms with Crippen molar-refractivity contribution in [3.8, 4) is 45.5 Å². The summed E-state index contributed by atoms with van der Waals surface area (Å²) in [5.41, 5.74) is -8.27. The summed E-state index contributed by atoms with van der Waals surface area (Å²) in [5.74, 6) is -2.81. The van der Waals surface area contributed by atoms with Gasteiger partial charge in [0.05, 0.1) is 75.6 Å². The maximum atomic E-state index is 9.86. The smallest absolute Gasteiger partial charge is 0.238 e. The van der Waals surface area contributed by atoms with Gasteiger partial charge in [0.15, 0.2) is 11.6 Å². The van der Waals surface area contributed by atoms with Crippen LogP contribution in [0.15, 0.2) is 192 Å². The molecule has 4 heterocycles. The van der Waals surface area contributed by atoms with Gasteiger partial charge in [-0.15, -0.1) is 0 Å². The molecule has 0 fully saturated rings. The molecule has 0 aliphatic heterocycles. The lowest BCUT2D eigenvalue weighted by molar-refractivity contribution is 0.670. The Morgan fingerprint density at radius 3 is 1.54 bits per heavy atom.